The van der Waals surface area contributed by atoms with Crippen LogP contribution < -0.4 is 5.32 Å². The number of nitrogens with zero attached hydrogens (tertiary/aromatic N) is 2. The summed E-state index contributed by atoms with van der Waals surface area (Å²) >= 11 is 0. The lowest BCUT2D eigenvalue weighted by Gasteiger charge is -2.27. The van der Waals surface area contributed by atoms with Gasteiger partial charge in [-0.15, -0.1) is 0 Å². The summed E-state index contributed by atoms with van der Waals surface area (Å²) in [4.78, 5) is 6.52. The maximum absolute atomic E-state index is 14.0. The monoisotopic (exact) mass is 257 g/mol. The molecule has 0 atom stereocenters. The predicted molar refractivity (Wildman–Crippen MR) is 76.5 cm³/mol. The normalized spacial score (nSPS) is 19.6. The molecule has 0 amide bonds. The highest BCUT2D eigenvalue weighted by atomic mass is 19.1. The second kappa shape index (κ2) is 4.31. The molecule has 0 aromatic heterocycles. The van der Waals surface area contributed by atoms with Crippen LogP contribution >= 0.6 is 0 Å². The van der Waals surface area contributed by atoms with Crippen LogP contribution in [0.15, 0.2) is 30.3 Å². The van der Waals surface area contributed by atoms with Crippen molar-refractivity contribution in [2.24, 2.45) is 4.99 Å². The third-order valence-corrected chi connectivity index (χ3v) is 3.62. The number of halogens is 1. The topological polar surface area (TPSA) is 27.6 Å². The molecule has 3 rings (SSSR count). The van der Waals surface area contributed by atoms with Crippen LogP contribution in [-0.4, -0.2) is 37.4 Å². The Morgan fingerprint density at radius 3 is 2.89 bits per heavy atom. The number of benzene rings is 1. The van der Waals surface area contributed by atoms with Crippen molar-refractivity contribution >= 4 is 17.1 Å². The maximum atomic E-state index is 14.0. The molecular formula is C15H16FN3. The average molecular weight is 257 g/mol. The summed E-state index contributed by atoms with van der Waals surface area (Å²) in [5, 5.41) is 3.24. The Morgan fingerprint density at radius 2 is 2.16 bits per heavy atom. The molecule has 1 heterocycles. The van der Waals surface area contributed by atoms with Crippen molar-refractivity contribution in [2.45, 2.75) is 0 Å². The lowest BCUT2D eigenvalue weighted by molar-refractivity contribution is 0.446. The number of aliphatic imine (C=N–C) groups is 1. The first-order valence-electron chi connectivity index (χ1n) is 6.30. The Kier molecular flexibility index (Phi) is 2.75. The number of fused-ring (bicyclic) bond motifs is 1. The summed E-state index contributed by atoms with van der Waals surface area (Å²) in [5.41, 5.74) is 3.78. The van der Waals surface area contributed by atoms with E-state index < -0.39 is 0 Å². The SMILES string of the molecule is C=C(N=C1CNCCN1C)c1cc2c(cc1F)C2=C. The summed E-state index contributed by atoms with van der Waals surface area (Å²) in [6, 6.07) is 3.30. The van der Waals surface area contributed by atoms with Crippen molar-refractivity contribution in [3.8, 4) is 0 Å². The molecule has 0 bridgehead atoms. The zero-order chi connectivity index (χ0) is 13.6. The van der Waals surface area contributed by atoms with Crippen molar-refractivity contribution in [3.05, 3.63) is 47.8 Å². The molecule has 1 aromatic rings. The number of nitrogens with one attached hydrogen (secondary N) is 1. The summed E-state index contributed by atoms with van der Waals surface area (Å²) in [7, 11) is 1.98. The number of hydrogen-bond acceptors (Lipinski definition) is 2. The summed E-state index contributed by atoms with van der Waals surface area (Å²) in [6.45, 7) is 10.3. The van der Waals surface area contributed by atoms with Gasteiger partial charge in [-0.05, 0) is 28.8 Å². The maximum Gasteiger partial charge on any atom is 0.133 e. The fourth-order valence-electron chi connectivity index (χ4n) is 2.28. The van der Waals surface area contributed by atoms with Gasteiger partial charge in [0.1, 0.15) is 11.7 Å². The zero-order valence-corrected chi connectivity index (χ0v) is 11.0. The fourth-order valence-corrected chi connectivity index (χ4v) is 2.28. The van der Waals surface area contributed by atoms with Gasteiger partial charge in [0.15, 0.2) is 0 Å². The number of amidine groups is 1. The second-order valence-electron chi connectivity index (χ2n) is 4.93. The third kappa shape index (κ3) is 2.08. The third-order valence-electron chi connectivity index (χ3n) is 3.62. The molecule has 0 spiro atoms. The van der Waals surface area contributed by atoms with Crippen LogP contribution in [0.3, 0.4) is 0 Å². The largest absolute Gasteiger partial charge is 0.361 e. The lowest BCUT2D eigenvalue weighted by atomic mass is 10.1. The summed E-state index contributed by atoms with van der Waals surface area (Å²) < 4.78 is 14.0. The molecule has 0 saturated carbocycles. The highest BCUT2D eigenvalue weighted by molar-refractivity contribution is 6.00. The van der Waals surface area contributed by atoms with Gasteiger partial charge in [-0.1, -0.05) is 13.2 Å². The number of hydrogen-bond donors (Lipinski definition) is 1. The van der Waals surface area contributed by atoms with Crippen LogP contribution in [0.5, 0.6) is 0 Å². The van der Waals surface area contributed by atoms with E-state index in [0.29, 0.717) is 17.8 Å². The molecule has 1 saturated heterocycles. The van der Waals surface area contributed by atoms with Gasteiger partial charge < -0.3 is 10.2 Å². The van der Waals surface area contributed by atoms with Crippen molar-refractivity contribution in [2.75, 3.05) is 26.7 Å². The molecule has 19 heavy (non-hydrogen) atoms. The van der Waals surface area contributed by atoms with Crippen LogP contribution in [0.25, 0.3) is 11.3 Å². The molecule has 1 aromatic carbocycles. The Morgan fingerprint density at radius 1 is 1.42 bits per heavy atom. The van der Waals surface area contributed by atoms with Gasteiger partial charge in [0.25, 0.3) is 0 Å². The van der Waals surface area contributed by atoms with Crippen LogP contribution in [0.4, 0.5) is 4.39 Å². The highest BCUT2D eigenvalue weighted by Crippen LogP contribution is 2.43. The standard InChI is InChI=1S/C15H16FN3/c1-9-11-6-13(14(16)7-12(9)11)10(2)18-15-8-17-4-5-19(15)3/h6-7,17H,1-2,4-5,8H2,3H3. The van der Waals surface area contributed by atoms with Crippen molar-refractivity contribution in [1.82, 2.24) is 10.2 Å². The molecule has 2 aliphatic rings. The van der Waals surface area contributed by atoms with Gasteiger partial charge in [-0.2, -0.15) is 0 Å². The minimum Gasteiger partial charge on any atom is -0.361 e. The van der Waals surface area contributed by atoms with Crippen molar-refractivity contribution in [3.63, 3.8) is 0 Å². The predicted octanol–water partition coefficient (Wildman–Crippen LogP) is 2.10. The van der Waals surface area contributed by atoms with Crippen LogP contribution in [-0.2, 0) is 0 Å². The molecule has 1 aliphatic carbocycles. The molecule has 1 fully saturated rings. The molecule has 0 unspecified atom stereocenters. The molecule has 98 valence electrons. The molecular weight excluding hydrogens is 241 g/mol. The van der Waals surface area contributed by atoms with E-state index in [1.54, 1.807) is 6.07 Å². The molecule has 0 radical (unpaired) electrons. The molecule has 4 heteroatoms. The smallest absolute Gasteiger partial charge is 0.133 e. The quantitative estimate of drug-likeness (QED) is 0.892. The number of rotatable bonds is 2. The van der Waals surface area contributed by atoms with Gasteiger partial charge in [0.05, 0.1) is 12.2 Å². The van der Waals surface area contributed by atoms with E-state index in [9.17, 15) is 4.39 Å². The van der Waals surface area contributed by atoms with Crippen LogP contribution in [0, 0.1) is 5.82 Å². The van der Waals surface area contributed by atoms with E-state index in [1.165, 1.54) is 6.07 Å². The fraction of sp³-hybridized carbons (Fsp3) is 0.267. The highest BCUT2D eigenvalue weighted by Gasteiger charge is 2.26. The molecule has 1 aliphatic heterocycles. The van der Waals surface area contributed by atoms with Gasteiger partial charge in [0.2, 0.25) is 0 Å². The average Bonchev–Trinajstić information content (AvgIpc) is 3.01. The van der Waals surface area contributed by atoms with Gasteiger partial charge in [-0.3, -0.25) is 0 Å². The molecule has 1 N–H and O–H groups in total. The van der Waals surface area contributed by atoms with Crippen LogP contribution in [0.1, 0.15) is 16.7 Å². The Hall–Kier alpha value is -1.94. The van der Waals surface area contributed by atoms with Gasteiger partial charge in [-0.25, -0.2) is 9.38 Å². The van der Waals surface area contributed by atoms with Crippen molar-refractivity contribution < 1.29 is 4.39 Å². The summed E-state index contributed by atoms with van der Waals surface area (Å²) in [6.07, 6.45) is 0. The van der Waals surface area contributed by atoms with E-state index in [0.717, 1.165) is 35.6 Å². The van der Waals surface area contributed by atoms with E-state index in [4.69, 9.17) is 0 Å². The first-order chi connectivity index (χ1) is 9.08. The minimum absolute atomic E-state index is 0.279. The Labute approximate surface area is 112 Å². The van der Waals surface area contributed by atoms with Gasteiger partial charge >= 0.3 is 0 Å². The molecule has 3 nitrogen and oxygen atoms in total. The minimum atomic E-state index is -0.279. The lowest BCUT2D eigenvalue weighted by Crippen LogP contribution is -2.45. The Balaban J connectivity index is 1.89. The van der Waals surface area contributed by atoms with E-state index in [2.05, 4.69) is 28.4 Å². The van der Waals surface area contributed by atoms with Gasteiger partial charge in [0, 0.05) is 25.7 Å². The first-order valence-corrected chi connectivity index (χ1v) is 6.30. The number of likely N-dealkylation sites (N-methyl/N-ethyl adjacent to an activating group) is 1. The zero-order valence-electron chi connectivity index (χ0n) is 11.0. The second-order valence-corrected chi connectivity index (χ2v) is 4.93. The first kappa shape index (κ1) is 12.1. The van der Waals surface area contributed by atoms with E-state index in [-0.39, 0.29) is 5.82 Å². The Bertz CT molecular complexity index is 616. The van der Waals surface area contributed by atoms with E-state index >= 15 is 0 Å². The summed E-state index contributed by atoms with van der Waals surface area (Å²) in [5.74, 6) is 0.609. The number of piperazine rings is 1. The van der Waals surface area contributed by atoms with Crippen LogP contribution in [0.2, 0.25) is 0 Å². The van der Waals surface area contributed by atoms with Crippen molar-refractivity contribution in [1.29, 1.82) is 0 Å². The van der Waals surface area contributed by atoms with E-state index in [1.807, 2.05) is 7.05 Å².